The van der Waals surface area contributed by atoms with E-state index in [0.29, 0.717) is 5.56 Å². The van der Waals surface area contributed by atoms with Crippen molar-refractivity contribution in [2.24, 2.45) is 0 Å². The Balaban J connectivity index is 2.22. The van der Waals surface area contributed by atoms with Crippen molar-refractivity contribution in [3.05, 3.63) is 65.2 Å². The Morgan fingerprint density at radius 2 is 1.70 bits per heavy atom. The summed E-state index contributed by atoms with van der Waals surface area (Å²) >= 11 is 0. The Morgan fingerprint density at radius 1 is 1.05 bits per heavy atom. The number of hydrogen-bond acceptors (Lipinski definition) is 2. The molecule has 0 unspecified atom stereocenters. The lowest BCUT2D eigenvalue weighted by Gasteiger charge is -2.15. The summed E-state index contributed by atoms with van der Waals surface area (Å²) < 4.78 is 0. The fraction of sp³-hybridized carbons (Fsp3) is 0.235. The topological polar surface area (TPSA) is 32.3 Å². The lowest BCUT2D eigenvalue weighted by atomic mass is 10.1. The van der Waals surface area contributed by atoms with Crippen LogP contribution in [0.2, 0.25) is 0 Å². The molecule has 0 saturated carbocycles. The zero-order valence-corrected chi connectivity index (χ0v) is 12.2. The van der Waals surface area contributed by atoms with Crippen LogP contribution in [0.5, 0.6) is 0 Å². The van der Waals surface area contributed by atoms with Crippen molar-refractivity contribution in [1.82, 2.24) is 4.90 Å². The number of carbonyl (C=O) groups excluding carboxylic acids is 1. The molecule has 3 heteroatoms. The SMILES string of the molecule is Cc1ccccc1C(=O)Nc1ccccc1CN(C)C. The first kappa shape index (κ1) is 14.3. The minimum absolute atomic E-state index is 0.0608. The smallest absolute Gasteiger partial charge is 0.255 e. The Bertz CT molecular complexity index is 605. The van der Waals surface area contributed by atoms with Gasteiger partial charge < -0.3 is 10.2 Å². The van der Waals surface area contributed by atoms with Crippen LogP contribution in [0, 0.1) is 6.92 Å². The van der Waals surface area contributed by atoms with Crippen LogP contribution in [0.3, 0.4) is 0 Å². The Labute approximate surface area is 120 Å². The first-order valence-electron chi connectivity index (χ1n) is 6.67. The fourth-order valence-electron chi connectivity index (χ4n) is 2.14. The van der Waals surface area contributed by atoms with E-state index in [1.54, 1.807) is 0 Å². The molecule has 1 amide bonds. The summed E-state index contributed by atoms with van der Waals surface area (Å²) in [7, 11) is 4.03. The van der Waals surface area contributed by atoms with E-state index < -0.39 is 0 Å². The average Bonchev–Trinajstić information content (AvgIpc) is 2.41. The van der Waals surface area contributed by atoms with E-state index in [4.69, 9.17) is 0 Å². The quantitative estimate of drug-likeness (QED) is 0.922. The molecule has 0 aromatic heterocycles. The van der Waals surface area contributed by atoms with Gasteiger partial charge in [-0.05, 0) is 44.3 Å². The van der Waals surface area contributed by atoms with Gasteiger partial charge in [-0.2, -0.15) is 0 Å². The molecule has 0 atom stereocenters. The average molecular weight is 268 g/mol. The molecule has 20 heavy (non-hydrogen) atoms. The zero-order chi connectivity index (χ0) is 14.5. The third-order valence-corrected chi connectivity index (χ3v) is 3.14. The molecule has 0 heterocycles. The van der Waals surface area contributed by atoms with Crippen LogP contribution < -0.4 is 5.32 Å². The number of nitrogens with zero attached hydrogens (tertiary/aromatic N) is 1. The second-order valence-corrected chi connectivity index (χ2v) is 5.16. The summed E-state index contributed by atoms with van der Waals surface area (Å²) in [6.07, 6.45) is 0. The molecule has 0 bridgehead atoms. The van der Waals surface area contributed by atoms with Crippen LogP contribution in [0.1, 0.15) is 21.5 Å². The van der Waals surface area contributed by atoms with Gasteiger partial charge in [-0.3, -0.25) is 4.79 Å². The van der Waals surface area contributed by atoms with E-state index in [-0.39, 0.29) is 5.91 Å². The van der Waals surface area contributed by atoms with Crippen molar-refractivity contribution >= 4 is 11.6 Å². The van der Waals surface area contributed by atoms with E-state index >= 15 is 0 Å². The molecule has 2 aromatic rings. The van der Waals surface area contributed by atoms with Gasteiger partial charge in [-0.25, -0.2) is 0 Å². The highest BCUT2D eigenvalue weighted by atomic mass is 16.1. The summed E-state index contributed by atoms with van der Waals surface area (Å²) in [6.45, 7) is 2.74. The summed E-state index contributed by atoms with van der Waals surface area (Å²) in [4.78, 5) is 14.4. The molecule has 2 rings (SSSR count). The Hall–Kier alpha value is -2.13. The van der Waals surface area contributed by atoms with Crippen molar-refractivity contribution in [2.75, 3.05) is 19.4 Å². The maximum atomic E-state index is 12.3. The Morgan fingerprint density at radius 3 is 2.40 bits per heavy atom. The fourth-order valence-corrected chi connectivity index (χ4v) is 2.14. The van der Waals surface area contributed by atoms with Crippen LogP contribution in [-0.2, 0) is 6.54 Å². The molecule has 2 aromatic carbocycles. The molecule has 3 nitrogen and oxygen atoms in total. The highest BCUT2D eigenvalue weighted by molar-refractivity contribution is 6.05. The second kappa shape index (κ2) is 6.35. The van der Waals surface area contributed by atoms with Crippen molar-refractivity contribution in [1.29, 1.82) is 0 Å². The van der Waals surface area contributed by atoms with Crippen LogP contribution >= 0.6 is 0 Å². The first-order valence-corrected chi connectivity index (χ1v) is 6.67. The zero-order valence-electron chi connectivity index (χ0n) is 12.2. The van der Waals surface area contributed by atoms with Gasteiger partial charge in [0.1, 0.15) is 0 Å². The van der Waals surface area contributed by atoms with Gasteiger partial charge in [-0.15, -0.1) is 0 Å². The number of nitrogens with one attached hydrogen (secondary N) is 1. The molecule has 0 spiro atoms. The number of amides is 1. The van der Waals surface area contributed by atoms with Gasteiger partial charge in [-0.1, -0.05) is 36.4 Å². The number of para-hydroxylation sites is 1. The predicted molar refractivity (Wildman–Crippen MR) is 83.0 cm³/mol. The normalized spacial score (nSPS) is 10.6. The molecule has 0 fully saturated rings. The number of anilines is 1. The van der Waals surface area contributed by atoms with Crippen molar-refractivity contribution in [2.45, 2.75) is 13.5 Å². The molecule has 1 N–H and O–H groups in total. The van der Waals surface area contributed by atoms with Crippen molar-refractivity contribution < 1.29 is 4.79 Å². The van der Waals surface area contributed by atoms with Gasteiger partial charge in [0.15, 0.2) is 0 Å². The van der Waals surface area contributed by atoms with Crippen LogP contribution in [-0.4, -0.2) is 24.9 Å². The minimum atomic E-state index is -0.0608. The van der Waals surface area contributed by atoms with Crippen LogP contribution in [0.4, 0.5) is 5.69 Å². The van der Waals surface area contributed by atoms with Gasteiger partial charge in [0.25, 0.3) is 5.91 Å². The summed E-state index contributed by atoms with van der Waals surface area (Å²) in [5.74, 6) is -0.0608. The number of aryl methyl sites for hydroxylation is 1. The highest BCUT2D eigenvalue weighted by Gasteiger charge is 2.10. The standard InChI is InChI=1S/C17H20N2O/c1-13-8-4-6-10-15(13)17(20)18-16-11-7-5-9-14(16)12-19(2)3/h4-11H,12H2,1-3H3,(H,18,20). The van der Waals surface area contributed by atoms with Gasteiger partial charge in [0.05, 0.1) is 0 Å². The Kier molecular flexibility index (Phi) is 4.53. The number of benzene rings is 2. The monoisotopic (exact) mass is 268 g/mol. The lowest BCUT2D eigenvalue weighted by Crippen LogP contribution is -2.17. The molecular weight excluding hydrogens is 248 g/mol. The van der Waals surface area contributed by atoms with Crippen molar-refractivity contribution in [3.63, 3.8) is 0 Å². The predicted octanol–water partition coefficient (Wildman–Crippen LogP) is 3.31. The van der Waals surface area contributed by atoms with E-state index in [0.717, 1.165) is 23.4 Å². The van der Waals surface area contributed by atoms with Crippen LogP contribution in [0.15, 0.2) is 48.5 Å². The largest absolute Gasteiger partial charge is 0.322 e. The number of rotatable bonds is 4. The molecule has 0 aliphatic rings. The molecule has 0 aliphatic carbocycles. The highest BCUT2D eigenvalue weighted by Crippen LogP contribution is 2.18. The molecule has 0 aliphatic heterocycles. The maximum absolute atomic E-state index is 12.3. The summed E-state index contributed by atoms with van der Waals surface area (Å²) in [5, 5.41) is 3.01. The van der Waals surface area contributed by atoms with E-state index in [1.165, 1.54) is 0 Å². The number of carbonyl (C=O) groups is 1. The summed E-state index contributed by atoms with van der Waals surface area (Å²) in [6, 6.07) is 15.5. The lowest BCUT2D eigenvalue weighted by molar-refractivity contribution is 0.102. The number of hydrogen-bond donors (Lipinski definition) is 1. The third kappa shape index (κ3) is 3.45. The van der Waals surface area contributed by atoms with E-state index in [9.17, 15) is 4.79 Å². The first-order chi connectivity index (χ1) is 9.58. The molecule has 104 valence electrons. The second-order valence-electron chi connectivity index (χ2n) is 5.16. The molecule has 0 saturated heterocycles. The van der Waals surface area contributed by atoms with Gasteiger partial charge in [0.2, 0.25) is 0 Å². The molecular formula is C17H20N2O. The third-order valence-electron chi connectivity index (χ3n) is 3.14. The van der Waals surface area contributed by atoms with Crippen molar-refractivity contribution in [3.8, 4) is 0 Å². The maximum Gasteiger partial charge on any atom is 0.255 e. The summed E-state index contributed by atoms with van der Waals surface area (Å²) in [5.41, 5.74) is 3.68. The molecule has 0 radical (unpaired) electrons. The van der Waals surface area contributed by atoms with Gasteiger partial charge >= 0.3 is 0 Å². The van der Waals surface area contributed by atoms with Crippen LogP contribution in [0.25, 0.3) is 0 Å². The van der Waals surface area contributed by atoms with E-state index in [2.05, 4.69) is 10.2 Å². The van der Waals surface area contributed by atoms with E-state index in [1.807, 2.05) is 69.6 Å². The van der Waals surface area contributed by atoms with Gasteiger partial charge in [0, 0.05) is 17.8 Å². The minimum Gasteiger partial charge on any atom is -0.322 e.